The lowest BCUT2D eigenvalue weighted by molar-refractivity contribution is -0.132. The number of amides is 1. The fraction of sp³-hybridized carbons (Fsp3) is 0.529. The molecule has 1 amide bonds. The van der Waals surface area contributed by atoms with Crippen LogP contribution in [0.2, 0.25) is 0 Å². The van der Waals surface area contributed by atoms with Crippen LogP contribution in [0.25, 0.3) is 0 Å². The summed E-state index contributed by atoms with van der Waals surface area (Å²) in [7, 11) is 0. The van der Waals surface area contributed by atoms with Gasteiger partial charge in [-0.25, -0.2) is 0 Å². The Labute approximate surface area is 127 Å². The first-order valence-corrected chi connectivity index (χ1v) is 7.57. The highest BCUT2D eigenvalue weighted by Crippen LogP contribution is 2.09. The average Bonchev–Trinajstić information content (AvgIpc) is 2.48. The Morgan fingerprint density at radius 3 is 2.33 bits per heavy atom. The molecule has 1 aromatic carbocycles. The van der Waals surface area contributed by atoms with Crippen molar-refractivity contribution in [1.82, 2.24) is 9.80 Å². The topological polar surface area (TPSA) is 47.3 Å². The normalized spacial score (nSPS) is 16.0. The Balaban J connectivity index is 1.83. The van der Waals surface area contributed by atoms with E-state index in [2.05, 4.69) is 24.8 Å². The van der Waals surface area contributed by atoms with Gasteiger partial charge in [-0.15, -0.1) is 0 Å². The monoisotopic (exact) mass is 285 g/mol. The van der Waals surface area contributed by atoms with E-state index in [4.69, 9.17) is 5.26 Å². The molecule has 1 fully saturated rings. The van der Waals surface area contributed by atoms with Crippen LogP contribution in [0.3, 0.4) is 0 Å². The fourth-order valence-electron chi connectivity index (χ4n) is 2.68. The van der Waals surface area contributed by atoms with Crippen molar-refractivity contribution in [3.63, 3.8) is 0 Å². The molecule has 0 aromatic heterocycles. The second kappa shape index (κ2) is 7.24. The summed E-state index contributed by atoms with van der Waals surface area (Å²) in [6, 6.07) is 9.36. The molecule has 4 nitrogen and oxygen atoms in total. The van der Waals surface area contributed by atoms with Gasteiger partial charge in [0.2, 0.25) is 5.91 Å². The van der Waals surface area contributed by atoms with Crippen LogP contribution in [0.15, 0.2) is 24.3 Å². The van der Waals surface area contributed by atoms with Crippen LogP contribution in [0.1, 0.15) is 25.0 Å². The Kier molecular flexibility index (Phi) is 5.35. The van der Waals surface area contributed by atoms with Crippen molar-refractivity contribution < 1.29 is 4.79 Å². The third kappa shape index (κ3) is 4.57. The van der Waals surface area contributed by atoms with Crippen molar-refractivity contribution in [2.75, 3.05) is 32.7 Å². The molecule has 0 atom stereocenters. The molecule has 1 aromatic rings. The number of piperazine rings is 1. The van der Waals surface area contributed by atoms with Crippen LogP contribution in [0.4, 0.5) is 0 Å². The van der Waals surface area contributed by atoms with E-state index in [-0.39, 0.29) is 5.91 Å². The molecule has 0 unspecified atom stereocenters. The van der Waals surface area contributed by atoms with Gasteiger partial charge in [-0.05, 0) is 23.6 Å². The van der Waals surface area contributed by atoms with Crippen LogP contribution < -0.4 is 0 Å². The predicted molar refractivity (Wildman–Crippen MR) is 82.7 cm³/mol. The molecule has 2 rings (SSSR count). The molecule has 0 radical (unpaired) electrons. The van der Waals surface area contributed by atoms with Crippen molar-refractivity contribution >= 4 is 5.91 Å². The highest BCUT2D eigenvalue weighted by atomic mass is 16.2. The van der Waals surface area contributed by atoms with Crippen molar-refractivity contribution in [3.05, 3.63) is 35.4 Å². The van der Waals surface area contributed by atoms with E-state index in [1.807, 2.05) is 17.0 Å². The molecular weight excluding hydrogens is 262 g/mol. The molecule has 1 aliphatic rings. The summed E-state index contributed by atoms with van der Waals surface area (Å²) in [6.07, 6.45) is 0.426. The Morgan fingerprint density at radius 1 is 1.19 bits per heavy atom. The number of nitrogens with zero attached hydrogens (tertiary/aromatic N) is 3. The van der Waals surface area contributed by atoms with E-state index in [9.17, 15) is 4.79 Å². The van der Waals surface area contributed by atoms with E-state index >= 15 is 0 Å². The van der Waals surface area contributed by atoms with Gasteiger partial charge in [0.15, 0.2) is 0 Å². The minimum atomic E-state index is 0.184. The summed E-state index contributed by atoms with van der Waals surface area (Å²) >= 11 is 0. The summed E-state index contributed by atoms with van der Waals surface area (Å²) in [5.41, 5.74) is 1.61. The molecule has 112 valence electrons. The molecule has 0 aliphatic carbocycles. The first-order valence-electron chi connectivity index (χ1n) is 7.57. The zero-order valence-electron chi connectivity index (χ0n) is 12.9. The molecule has 0 spiro atoms. The standard InChI is InChI=1S/C17H23N3O/c1-14(2)13-19-7-9-20(10-8-19)17(21)11-15-3-5-16(12-18)6-4-15/h3-6,14H,7-11,13H2,1-2H3. The molecule has 1 heterocycles. The van der Waals surface area contributed by atoms with Crippen LogP contribution in [0, 0.1) is 17.2 Å². The molecular formula is C17H23N3O. The second-order valence-electron chi connectivity index (χ2n) is 6.06. The van der Waals surface area contributed by atoms with E-state index in [1.165, 1.54) is 0 Å². The zero-order chi connectivity index (χ0) is 15.2. The Morgan fingerprint density at radius 2 is 1.81 bits per heavy atom. The SMILES string of the molecule is CC(C)CN1CCN(C(=O)Cc2ccc(C#N)cc2)CC1. The van der Waals surface area contributed by atoms with Gasteiger partial charge in [0.1, 0.15) is 0 Å². The van der Waals surface area contributed by atoms with Crippen LogP contribution in [-0.2, 0) is 11.2 Å². The first-order chi connectivity index (χ1) is 10.1. The van der Waals surface area contributed by atoms with Crippen LogP contribution >= 0.6 is 0 Å². The highest BCUT2D eigenvalue weighted by molar-refractivity contribution is 5.78. The molecule has 0 N–H and O–H groups in total. The number of rotatable bonds is 4. The highest BCUT2D eigenvalue weighted by Gasteiger charge is 2.21. The smallest absolute Gasteiger partial charge is 0.227 e. The maximum atomic E-state index is 12.3. The molecule has 4 heteroatoms. The lowest BCUT2D eigenvalue weighted by Crippen LogP contribution is -2.49. The molecule has 1 saturated heterocycles. The predicted octanol–water partition coefficient (Wildman–Crippen LogP) is 1.90. The molecule has 0 bridgehead atoms. The van der Waals surface area contributed by atoms with Crippen molar-refractivity contribution in [3.8, 4) is 6.07 Å². The largest absolute Gasteiger partial charge is 0.340 e. The van der Waals surface area contributed by atoms with Crippen LogP contribution in [-0.4, -0.2) is 48.4 Å². The molecule has 21 heavy (non-hydrogen) atoms. The molecule has 0 saturated carbocycles. The Bertz CT molecular complexity index is 508. The van der Waals surface area contributed by atoms with Gasteiger partial charge in [0, 0.05) is 32.7 Å². The van der Waals surface area contributed by atoms with Crippen molar-refractivity contribution in [2.45, 2.75) is 20.3 Å². The minimum absolute atomic E-state index is 0.184. The van der Waals surface area contributed by atoms with Crippen LogP contribution in [0.5, 0.6) is 0 Å². The van der Waals surface area contributed by atoms with E-state index in [1.54, 1.807) is 12.1 Å². The zero-order valence-corrected chi connectivity index (χ0v) is 12.9. The maximum Gasteiger partial charge on any atom is 0.227 e. The summed E-state index contributed by atoms with van der Waals surface area (Å²) < 4.78 is 0. The minimum Gasteiger partial charge on any atom is -0.340 e. The van der Waals surface area contributed by atoms with Crippen molar-refractivity contribution in [1.29, 1.82) is 5.26 Å². The Hall–Kier alpha value is -1.86. The number of nitriles is 1. The fourth-order valence-corrected chi connectivity index (χ4v) is 2.68. The first kappa shape index (κ1) is 15.5. The van der Waals surface area contributed by atoms with Gasteiger partial charge in [0.25, 0.3) is 0 Å². The second-order valence-corrected chi connectivity index (χ2v) is 6.06. The number of hydrogen-bond donors (Lipinski definition) is 0. The van der Waals surface area contributed by atoms with E-state index in [0.29, 0.717) is 17.9 Å². The number of carbonyl (C=O) groups excluding carboxylic acids is 1. The summed E-state index contributed by atoms with van der Waals surface area (Å²) in [5, 5.41) is 8.77. The van der Waals surface area contributed by atoms with Gasteiger partial charge < -0.3 is 4.90 Å². The lowest BCUT2D eigenvalue weighted by atomic mass is 10.1. The third-order valence-electron chi connectivity index (χ3n) is 3.79. The van der Waals surface area contributed by atoms with Gasteiger partial charge in [-0.1, -0.05) is 26.0 Å². The van der Waals surface area contributed by atoms with Crippen molar-refractivity contribution in [2.24, 2.45) is 5.92 Å². The summed E-state index contributed by atoms with van der Waals surface area (Å²) in [5.74, 6) is 0.856. The maximum absolute atomic E-state index is 12.3. The van der Waals surface area contributed by atoms with Gasteiger partial charge in [-0.2, -0.15) is 5.26 Å². The van der Waals surface area contributed by atoms with Gasteiger partial charge >= 0.3 is 0 Å². The lowest BCUT2D eigenvalue weighted by Gasteiger charge is -2.35. The van der Waals surface area contributed by atoms with Gasteiger partial charge in [0.05, 0.1) is 18.1 Å². The number of benzene rings is 1. The summed E-state index contributed by atoms with van der Waals surface area (Å²) in [6.45, 7) is 9.14. The van der Waals surface area contributed by atoms with E-state index in [0.717, 1.165) is 38.3 Å². The summed E-state index contributed by atoms with van der Waals surface area (Å²) in [4.78, 5) is 16.7. The average molecular weight is 285 g/mol. The third-order valence-corrected chi connectivity index (χ3v) is 3.79. The molecule has 1 aliphatic heterocycles. The quantitative estimate of drug-likeness (QED) is 0.849. The number of carbonyl (C=O) groups is 1. The van der Waals surface area contributed by atoms with E-state index < -0.39 is 0 Å². The van der Waals surface area contributed by atoms with Gasteiger partial charge in [-0.3, -0.25) is 9.69 Å². The number of hydrogen-bond acceptors (Lipinski definition) is 3.